The largest absolute Gasteiger partial charge is 0.506 e. The van der Waals surface area contributed by atoms with Crippen LogP contribution in [0.2, 0.25) is 0 Å². The molecule has 0 radical (unpaired) electrons. The molecule has 1 aliphatic heterocycles. The van der Waals surface area contributed by atoms with Crippen LogP contribution in [0, 0.1) is 0 Å². The Morgan fingerprint density at radius 1 is 1.61 bits per heavy atom. The Labute approximate surface area is 109 Å². The van der Waals surface area contributed by atoms with E-state index in [9.17, 15) is 9.90 Å². The highest BCUT2D eigenvalue weighted by Crippen LogP contribution is 2.35. The lowest BCUT2D eigenvalue weighted by Gasteiger charge is -2.26. The Kier molecular flexibility index (Phi) is 3.40. The first-order valence-corrected chi connectivity index (χ1v) is 5.70. The van der Waals surface area contributed by atoms with Crippen molar-refractivity contribution in [2.75, 3.05) is 11.9 Å². The van der Waals surface area contributed by atoms with Gasteiger partial charge in [0.05, 0.1) is 5.69 Å². The minimum Gasteiger partial charge on any atom is -0.506 e. The Morgan fingerprint density at radius 3 is 2.94 bits per heavy atom. The standard InChI is InChI=1S/C11H13ClN4O2/c1-15-9(6-17)16(11(12)14-15)10-7(5-13)3-2-4-8(10)18/h2-4,6,9,18H,5,13H2,1H3. The molecule has 2 rings (SSSR count). The van der Waals surface area contributed by atoms with Crippen LogP contribution in [0.4, 0.5) is 5.69 Å². The zero-order chi connectivity index (χ0) is 13.3. The summed E-state index contributed by atoms with van der Waals surface area (Å²) in [5.41, 5.74) is 6.73. The number of benzene rings is 1. The summed E-state index contributed by atoms with van der Waals surface area (Å²) in [6.45, 7) is 0.222. The molecule has 0 saturated heterocycles. The smallest absolute Gasteiger partial charge is 0.223 e. The number of para-hydroxylation sites is 1. The Morgan fingerprint density at radius 2 is 2.33 bits per heavy atom. The third-order valence-corrected chi connectivity index (χ3v) is 3.02. The summed E-state index contributed by atoms with van der Waals surface area (Å²) in [6.07, 6.45) is 0.0159. The second-order valence-corrected chi connectivity index (χ2v) is 4.19. The summed E-state index contributed by atoms with van der Waals surface area (Å²) in [5.74, 6) is 0.00782. The molecule has 6 nitrogen and oxygen atoms in total. The summed E-state index contributed by atoms with van der Waals surface area (Å²) < 4.78 is 0. The van der Waals surface area contributed by atoms with E-state index < -0.39 is 6.17 Å². The van der Waals surface area contributed by atoms with Gasteiger partial charge in [-0.3, -0.25) is 14.7 Å². The zero-order valence-electron chi connectivity index (χ0n) is 9.75. The number of amidine groups is 1. The van der Waals surface area contributed by atoms with Crippen molar-refractivity contribution in [1.82, 2.24) is 5.01 Å². The van der Waals surface area contributed by atoms with E-state index in [1.165, 1.54) is 16.0 Å². The van der Waals surface area contributed by atoms with Crippen LogP contribution in [-0.4, -0.2) is 34.9 Å². The molecule has 1 aromatic carbocycles. The number of hydrogen-bond donors (Lipinski definition) is 2. The lowest BCUT2D eigenvalue weighted by Crippen LogP contribution is -2.41. The number of rotatable bonds is 3. The van der Waals surface area contributed by atoms with Crippen LogP contribution < -0.4 is 10.6 Å². The number of nitrogens with two attached hydrogens (primary N) is 1. The predicted octanol–water partition coefficient (Wildman–Crippen LogP) is 0.638. The number of likely N-dealkylation sites (N-methyl/N-ethyl adjacent to an activating group) is 1. The van der Waals surface area contributed by atoms with Crippen molar-refractivity contribution < 1.29 is 9.90 Å². The van der Waals surface area contributed by atoms with Crippen molar-refractivity contribution >= 4 is 28.9 Å². The van der Waals surface area contributed by atoms with Gasteiger partial charge in [0.15, 0.2) is 12.5 Å². The molecule has 7 heteroatoms. The molecule has 0 saturated carbocycles. The molecule has 96 valence electrons. The molecule has 1 aromatic rings. The normalized spacial score (nSPS) is 19.1. The number of hydrazone groups is 1. The first-order valence-electron chi connectivity index (χ1n) is 5.32. The SMILES string of the molecule is CN1N=C(Cl)N(c2c(O)cccc2CN)C1C=O. The van der Waals surface area contributed by atoms with Gasteiger partial charge in [-0.1, -0.05) is 12.1 Å². The van der Waals surface area contributed by atoms with Gasteiger partial charge in [0.1, 0.15) is 5.75 Å². The summed E-state index contributed by atoms with van der Waals surface area (Å²) >= 11 is 6.01. The quantitative estimate of drug-likeness (QED) is 0.621. The van der Waals surface area contributed by atoms with Crippen molar-refractivity contribution in [1.29, 1.82) is 0 Å². The number of halogens is 1. The number of carbonyl (C=O) groups is 1. The van der Waals surface area contributed by atoms with Crippen LogP contribution in [0.15, 0.2) is 23.3 Å². The predicted molar refractivity (Wildman–Crippen MR) is 69.4 cm³/mol. The molecule has 0 bridgehead atoms. The molecule has 1 atom stereocenters. The first kappa shape index (κ1) is 12.7. The van der Waals surface area contributed by atoms with Crippen LogP contribution in [-0.2, 0) is 11.3 Å². The van der Waals surface area contributed by atoms with E-state index in [0.29, 0.717) is 17.5 Å². The highest BCUT2D eigenvalue weighted by molar-refractivity contribution is 6.68. The summed E-state index contributed by atoms with van der Waals surface area (Å²) in [5, 5.41) is 15.5. The van der Waals surface area contributed by atoms with Gasteiger partial charge in [-0.15, -0.1) is 5.10 Å². The van der Waals surface area contributed by atoms with Gasteiger partial charge >= 0.3 is 0 Å². The highest BCUT2D eigenvalue weighted by atomic mass is 35.5. The number of aldehydes is 1. The lowest BCUT2D eigenvalue weighted by molar-refractivity contribution is -0.111. The molecule has 0 amide bonds. The number of hydrogen-bond acceptors (Lipinski definition) is 6. The Hall–Kier alpha value is -1.79. The van der Waals surface area contributed by atoms with Crippen molar-refractivity contribution in [2.24, 2.45) is 10.8 Å². The van der Waals surface area contributed by atoms with Crippen LogP contribution in [0.3, 0.4) is 0 Å². The number of nitrogens with zero attached hydrogens (tertiary/aromatic N) is 3. The van der Waals surface area contributed by atoms with Gasteiger partial charge < -0.3 is 10.8 Å². The summed E-state index contributed by atoms with van der Waals surface area (Å²) in [6, 6.07) is 4.96. The average molecular weight is 269 g/mol. The van der Waals surface area contributed by atoms with Gasteiger partial charge in [0, 0.05) is 13.6 Å². The molecule has 3 N–H and O–H groups in total. The maximum Gasteiger partial charge on any atom is 0.223 e. The number of phenolic OH excluding ortho intramolecular Hbond substituents is 1. The van der Waals surface area contributed by atoms with E-state index in [2.05, 4.69) is 5.10 Å². The van der Waals surface area contributed by atoms with Crippen LogP contribution in [0.1, 0.15) is 5.56 Å². The number of carbonyl (C=O) groups excluding carboxylic acids is 1. The lowest BCUT2D eigenvalue weighted by atomic mass is 10.1. The molecule has 0 aromatic heterocycles. The topological polar surface area (TPSA) is 82.2 Å². The van der Waals surface area contributed by atoms with E-state index in [-0.39, 0.29) is 17.6 Å². The maximum absolute atomic E-state index is 11.1. The van der Waals surface area contributed by atoms with E-state index in [4.69, 9.17) is 17.3 Å². The van der Waals surface area contributed by atoms with Crippen molar-refractivity contribution in [3.05, 3.63) is 23.8 Å². The van der Waals surface area contributed by atoms with Gasteiger partial charge in [-0.2, -0.15) is 0 Å². The van der Waals surface area contributed by atoms with Gasteiger partial charge in [-0.05, 0) is 23.2 Å². The zero-order valence-corrected chi connectivity index (χ0v) is 10.5. The molecule has 0 spiro atoms. The van der Waals surface area contributed by atoms with Crippen LogP contribution >= 0.6 is 11.6 Å². The van der Waals surface area contributed by atoms with E-state index in [1.807, 2.05) is 0 Å². The molecule has 0 fully saturated rings. The fraction of sp³-hybridized carbons (Fsp3) is 0.273. The van der Waals surface area contributed by atoms with E-state index in [1.54, 1.807) is 19.2 Å². The highest BCUT2D eigenvalue weighted by Gasteiger charge is 2.34. The van der Waals surface area contributed by atoms with E-state index >= 15 is 0 Å². The molecule has 1 heterocycles. The second-order valence-electron chi connectivity index (χ2n) is 3.85. The molecule has 1 aliphatic rings. The van der Waals surface area contributed by atoms with Crippen molar-refractivity contribution in [3.63, 3.8) is 0 Å². The summed E-state index contributed by atoms with van der Waals surface area (Å²) in [4.78, 5) is 12.6. The summed E-state index contributed by atoms with van der Waals surface area (Å²) in [7, 11) is 1.63. The fourth-order valence-electron chi connectivity index (χ4n) is 1.91. The van der Waals surface area contributed by atoms with Crippen molar-refractivity contribution in [2.45, 2.75) is 12.7 Å². The number of anilines is 1. The third kappa shape index (κ3) is 1.89. The van der Waals surface area contributed by atoms with Crippen LogP contribution in [0.25, 0.3) is 0 Å². The van der Waals surface area contributed by atoms with Crippen molar-refractivity contribution in [3.8, 4) is 5.75 Å². The Balaban J connectivity index is 2.54. The van der Waals surface area contributed by atoms with Gasteiger partial charge in [0.2, 0.25) is 5.29 Å². The first-order chi connectivity index (χ1) is 8.60. The van der Waals surface area contributed by atoms with Gasteiger partial charge in [0.25, 0.3) is 0 Å². The minimum absolute atomic E-state index is 0.00782. The molecule has 1 unspecified atom stereocenters. The van der Waals surface area contributed by atoms with Crippen LogP contribution in [0.5, 0.6) is 5.75 Å². The molecule has 0 aliphatic carbocycles. The number of phenols is 1. The van der Waals surface area contributed by atoms with Gasteiger partial charge in [-0.25, -0.2) is 0 Å². The fourth-order valence-corrected chi connectivity index (χ4v) is 2.21. The molecular weight excluding hydrogens is 256 g/mol. The average Bonchev–Trinajstić information content (AvgIpc) is 2.63. The number of aromatic hydroxyl groups is 1. The minimum atomic E-state index is -0.684. The second kappa shape index (κ2) is 4.83. The maximum atomic E-state index is 11.1. The van der Waals surface area contributed by atoms with E-state index in [0.717, 1.165) is 0 Å². The monoisotopic (exact) mass is 268 g/mol. The Bertz CT molecular complexity index is 506. The third-order valence-electron chi connectivity index (χ3n) is 2.77. The molecule has 18 heavy (non-hydrogen) atoms. The molecular formula is C11H13ClN4O2.